The van der Waals surface area contributed by atoms with Crippen molar-refractivity contribution < 1.29 is 14.3 Å². The number of benzene rings is 2. The van der Waals surface area contributed by atoms with Crippen LogP contribution in [0.3, 0.4) is 0 Å². The quantitative estimate of drug-likeness (QED) is 0.722. The van der Waals surface area contributed by atoms with Crippen LogP contribution in [0.5, 0.6) is 11.5 Å². The van der Waals surface area contributed by atoms with E-state index in [1.807, 2.05) is 50.2 Å². The van der Waals surface area contributed by atoms with E-state index in [0.717, 1.165) is 55.5 Å². The summed E-state index contributed by atoms with van der Waals surface area (Å²) in [4.78, 5) is 17.3. The molecule has 30 heavy (non-hydrogen) atoms. The molecule has 0 aliphatic carbocycles. The van der Waals surface area contributed by atoms with Gasteiger partial charge in [0.25, 0.3) is 0 Å². The van der Waals surface area contributed by atoms with E-state index in [0.29, 0.717) is 6.61 Å². The molecule has 6 nitrogen and oxygen atoms in total. The van der Waals surface area contributed by atoms with Crippen LogP contribution in [0.1, 0.15) is 18.1 Å². The van der Waals surface area contributed by atoms with Gasteiger partial charge in [0, 0.05) is 38.4 Å². The topological polar surface area (TPSA) is 54.0 Å². The first-order chi connectivity index (χ1) is 14.5. The monoisotopic (exact) mass is 411 g/mol. The van der Waals surface area contributed by atoms with Gasteiger partial charge in [-0.1, -0.05) is 17.7 Å². The van der Waals surface area contributed by atoms with Gasteiger partial charge in [0.15, 0.2) is 0 Å². The van der Waals surface area contributed by atoms with E-state index in [1.54, 1.807) is 7.11 Å². The first-order valence-electron chi connectivity index (χ1n) is 10.6. The lowest BCUT2D eigenvalue weighted by Gasteiger charge is -2.37. The minimum absolute atomic E-state index is 0.0539. The zero-order valence-electron chi connectivity index (χ0n) is 18.5. The van der Waals surface area contributed by atoms with Crippen LogP contribution in [-0.4, -0.2) is 68.2 Å². The molecule has 3 rings (SSSR count). The lowest BCUT2D eigenvalue weighted by molar-refractivity contribution is -0.121. The van der Waals surface area contributed by atoms with Crippen LogP contribution in [-0.2, 0) is 4.79 Å². The molecule has 6 heteroatoms. The van der Waals surface area contributed by atoms with E-state index in [9.17, 15) is 4.79 Å². The van der Waals surface area contributed by atoms with Gasteiger partial charge in [-0.05, 0) is 56.7 Å². The van der Waals surface area contributed by atoms with Crippen molar-refractivity contribution in [1.82, 2.24) is 9.80 Å². The number of carbonyl (C=O) groups is 1. The molecule has 1 N–H and O–H groups in total. The summed E-state index contributed by atoms with van der Waals surface area (Å²) in [5, 5.41) is 3.08. The highest BCUT2D eigenvalue weighted by atomic mass is 16.5. The van der Waals surface area contributed by atoms with E-state index in [-0.39, 0.29) is 11.9 Å². The van der Waals surface area contributed by atoms with Gasteiger partial charge >= 0.3 is 0 Å². The lowest BCUT2D eigenvalue weighted by Crippen LogP contribution is -2.53. The SMILES string of the molecule is COc1ccc(OCCN2CCN([C@@H](C)C(=O)Nc3ccc(C)cc3C)CC2)cc1. The van der Waals surface area contributed by atoms with Crippen molar-refractivity contribution in [3.63, 3.8) is 0 Å². The van der Waals surface area contributed by atoms with Gasteiger partial charge < -0.3 is 14.8 Å². The Balaban J connectivity index is 1.40. The highest BCUT2D eigenvalue weighted by molar-refractivity contribution is 5.95. The lowest BCUT2D eigenvalue weighted by atomic mass is 10.1. The van der Waals surface area contributed by atoms with Crippen molar-refractivity contribution in [3.8, 4) is 11.5 Å². The first kappa shape index (κ1) is 22.1. The minimum Gasteiger partial charge on any atom is -0.497 e. The van der Waals surface area contributed by atoms with Crippen LogP contribution in [0.4, 0.5) is 5.69 Å². The summed E-state index contributed by atoms with van der Waals surface area (Å²) in [7, 11) is 1.66. The van der Waals surface area contributed by atoms with Crippen LogP contribution in [0.15, 0.2) is 42.5 Å². The number of hydrogen-bond acceptors (Lipinski definition) is 5. The van der Waals surface area contributed by atoms with Gasteiger partial charge in [0.05, 0.1) is 13.2 Å². The number of rotatable bonds is 8. The van der Waals surface area contributed by atoms with Crippen molar-refractivity contribution in [3.05, 3.63) is 53.6 Å². The number of ether oxygens (including phenoxy) is 2. The summed E-state index contributed by atoms with van der Waals surface area (Å²) in [6, 6.07) is 13.6. The van der Waals surface area contributed by atoms with Gasteiger partial charge in [-0.3, -0.25) is 14.6 Å². The standard InChI is InChI=1S/C24H33N3O3/c1-18-5-10-23(19(2)17-18)25-24(28)20(3)27-13-11-26(12-14-27)15-16-30-22-8-6-21(29-4)7-9-22/h5-10,17,20H,11-16H2,1-4H3,(H,25,28)/t20-/m0/s1. The van der Waals surface area contributed by atoms with Gasteiger partial charge in [-0.2, -0.15) is 0 Å². The Hall–Kier alpha value is -2.57. The summed E-state index contributed by atoms with van der Waals surface area (Å²) < 4.78 is 11.0. The average Bonchev–Trinajstić information content (AvgIpc) is 2.76. The zero-order chi connectivity index (χ0) is 21.5. The summed E-state index contributed by atoms with van der Waals surface area (Å²) in [5.41, 5.74) is 3.19. The van der Waals surface area contributed by atoms with E-state index < -0.39 is 0 Å². The highest BCUT2D eigenvalue weighted by Crippen LogP contribution is 2.18. The third-order valence-corrected chi connectivity index (χ3v) is 5.71. The fourth-order valence-corrected chi connectivity index (χ4v) is 3.70. The number of amides is 1. The fourth-order valence-electron chi connectivity index (χ4n) is 3.70. The maximum absolute atomic E-state index is 12.7. The molecule has 1 fully saturated rings. The van der Waals surface area contributed by atoms with Gasteiger partial charge in [-0.15, -0.1) is 0 Å². The molecular formula is C24H33N3O3. The van der Waals surface area contributed by atoms with Crippen LogP contribution < -0.4 is 14.8 Å². The molecule has 1 aliphatic rings. The van der Waals surface area contributed by atoms with Gasteiger partial charge in [0.1, 0.15) is 18.1 Å². The highest BCUT2D eigenvalue weighted by Gasteiger charge is 2.25. The second-order valence-corrected chi connectivity index (χ2v) is 7.89. The maximum atomic E-state index is 12.7. The molecule has 0 unspecified atom stereocenters. The summed E-state index contributed by atoms with van der Waals surface area (Å²) in [6.45, 7) is 11.2. The second kappa shape index (κ2) is 10.5. The summed E-state index contributed by atoms with van der Waals surface area (Å²) in [5.74, 6) is 1.73. The molecule has 0 radical (unpaired) electrons. The van der Waals surface area contributed by atoms with Crippen molar-refractivity contribution in [2.45, 2.75) is 26.8 Å². The van der Waals surface area contributed by atoms with Crippen molar-refractivity contribution in [2.75, 3.05) is 51.8 Å². The normalized spacial score (nSPS) is 16.1. The van der Waals surface area contributed by atoms with Crippen LogP contribution in [0.25, 0.3) is 0 Å². The van der Waals surface area contributed by atoms with E-state index in [4.69, 9.17) is 9.47 Å². The fraction of sp³-hybridized carbons (Fsp3) is 0.458. The van der Waals surface area contributed by atoms with Crippen LogP contribution >= 0.6 is 0 Å². The average molecular weight is 412 g/mol. The molecule has 0 bridgehead atoms. The Bertz CT molecular complexity index is 830. The molecule has 0 aromatic heterocycles. The van der Waals surface area contributed by atoms with Crippen LogP contribution in [0.2, 0.25) is 0 Å². The molecule has 0 spiro atoms. The van der Waals surface area contributed by atoms with Gasteiger partial charge in [-0.25, -0.2) is 0 Å². The van der Waals surface area contributed by atoms with Gasteiger partial charge in [0.2, 0.25) is 5.91 Å². The molecule has 1 amide bonds. The minimum atomic E-state index is -0.150. The Morgan fingerprint density at radius 1 is 1.03 bits per heavy atom. The summed E-state index contributed by atoms with van der Waals surface area (Å²) in [6.07, 6.45) is 0. The predicted molar refractivity (Wildman–Crippen MR) is 121 cm³/mol. The Morgan fingerprint density at radius 2 is 1.70 bits per heavy atom. The molecule has 0 saturated carbocycles. The zero-order valence-corrected chi connectivity index (χ0v) is 18.5. The second-order valence-electron chi connectivity index (χ2n) is 7.89. The Labute approximate surface area is 179 Å². The first-order valence-corrected chi connectivity index (χ1v) is 10.6. The third-order valence-electron chi connectivity index (χ3n) is 5.71. The molecule has 1 saturated heterocycles. The van der Waals surface area contributed by atoms with E-state index in [1.165, 1.54) is 5.56 Å². The number of carbonyl (C=O) groups excluding carboxylic acids is 1. The van der Waals surface area contributed by atoms with Crippen molar-refractivity contribution in [1.29, 1.82) is 0 Å². The summed E-state index contributed by atoms with van der Waals surface area (Å²) >= 11 is 0. The number of methoxy groups -OCH3 is 1. The van der Waals surface area contributed by atoms with E-state index >= 15 is 0 Å². The number of hydrogen-bond donors (Lipinski definition) is 1. The number of piperazine rings is 1. The molecule has 1 aliphatic heterocycles. The smallest absolute Gasteiger partial charge is 0.241 e. The molecule has 2 aromatic rings. The number of aryl methyl sites for hydroxylation is 2. The van der Waals surface area contributed by atoms with Crippen molar-refractivity contribution >= 4 is 11.6 Å². The number of anilines is 1. The number of nitrogens with one attached hydrogen (secondary N) is 1. The molecule has 162 valence electrons. The van der Waals surface area contributed by atoms with E-state index in [2.05, 4.69) is 28.1 Å². The molecule has 1 atom stereocenters. The Kier molecular flexibility index (Phi) is 7.71. The molecular weight excluding hydrogens is 378 g/mol. The largest absolute Gasteiger partial charge is 0.497 e. The predicted octanol–water partition coefficient (Wildman–Crippen LogP) is 3.34. The van der Waals surface area contributed by atoms with Crippen molar-refractivity contribution in [2.24, 2.45) is 0 Å². The number of nitrogens with zero attached hydrogens (tertiary/aromatic N) is 2. The maximum Gasteiger partial charge on any atom is 0.241 e. The third kappa shape index (κ3) is 5.97. The molecule has 1 heterocycles. The van der Waals surface area contributed by atoms with Crippen LogP contribution in [0, 0.1) is 13.8 Å². The molecule has 2 aromatic carbocycles. The Morgan fingerprint density at radius 3 is 2.33 bits per heavy atom.